The van der Waals surface area contributed by atoms with Gasteiger partial charge in [-0.1, -0.05) is 228 Å². The van der Waals surface area contributed by atoms with Crippen LogP contribution in [0.5, 0.6) is 0 Å². The number of allylic oxidation sites excluding steroid dienone is 14. The van der Waals surface area contributed by atoms with E-state index in [1.165, 1.54) is 96.3 Å². The maximum atomic E-state index is 12.8. The predicted octanol–water partition coefficient (Wildman–Crippen LogP) is 17.6. The fourth-order valence-corrected chi connectivity index (χ4v) is 7.22. The number of carbonyl (C=O) groups is 3. The molecule has 0 aromatic carbocycles. The van der Waals surface area contributed by atoms with Crippen LogP contribution in [0.3, 0.4) is 0 Å². The molecule has 6 heteroatoms. The molecule has 0 bridgehead atoms. The molecule has 0 amide bonds. The van der Waals surface area contributed by atoms with Gasteiger partial charge < -0.3 is 14.2 Å². The Kier molecular flexibility index (Phi) is 49.4. The Bertz CT molecular complexity index is 1250. The molecule has 0 saturated heterocycles. The normalized spacial score (nSPS) is 12.7. The molecule has 0 aliphatic heterocycles. The predicted molar refractivity (Wildman–Crippen MR) is 274 cm³/mol. The van der Waals surface area contributed by atoms with Gasteiger partial charge in [0.1, 0.15) is 13.2 Å². The van der Waals surface area contributed by atoms with Crippen molar-refractivity contribution in [1.29, 1.82) is 0 Å². The fourth-order valence-electron chi connectivity index (χ4n) is 7.22. The summed E-state index contributed by atoms with van der Waals surface area (Å²) in [5.41, 5.74) is 0. The van der Waals surface area contributed by atoms with E-state index in [0.717, 1.165) is 103 Å². The van der Waals surface area contributed by atoms with E-state index in [2.05, 4.69) is 106 Å². The maximum Gasteiger partial charge on any atom is 0.306 e. The molecular formula is C58H98O6. The molecule has 1 atom stereocenters. The Morgan fingerprint density at radius 1 is 0.328 bits per heavy atom. The first-order valence-electron chi connectivity index (χ1n) is 26.6. The highest BCUT2D eigenvalue weighted by Crippen LogP contribution is 2.15. The molecule has 0 rings (SSSR count). The molecule has 366 valence electrons. The molecule has 0 aromatic heterocycles. The molecule has 64 heavy (non-hydrogen) atoms. The number of carbonyl (C=O) groups excluding carboxylic acids is 3. The zero-order chi connectivity index (χ0) is 46.5. The lowest BCUT2D eigenvalue weighted by molar-refractivity contribution is -0.167. The van der Waals surface area contributed by atoms with E-state index in [9.17, 15) is 14.4 Å². The van der Waals surface area contributed by atoms with Crippen LogP contribution in [0.4, 0.5) is 0 Å². The highest BCUT2D eigenvalue weighted by Gasteiger charge is 2.19. The van der Waals surface area contributed by atoms with Gasteiger partial charge in [-0.3, -0.25) is 14.4 Å². The van der Waals surface area contributed by atoms with Crippen molar-refractivity contribution in [3.05, 3.63) is 85.1 Å². The minimum Gasteiger partial charge on any atom is -0.462 e. The van der Waals surface area contributed by atoms with Gasteiger partial charge in [-0.05, 0) is 83.5 Å². The highest BCUT2D eigenvalue weighted by atomic mass is 16.6. The first-order chi connectivity index (χ1) is 31.5. The third-order valence-electron chi connectivity index (χ3n) is 11.1. The molecule has 6 nitrogen and oxygen atoms in total. The SMILES string of the molecule is CC/C=C\C/C=C\C/C=C\C/C=C\CCCCCCCCC(=O)OCC(COC(=O)CCC/C=C\C/C=C\C/C=C\CC)OC(=O)CCCCCCCCCCCCCCCCCC. The lowest BCUT2D eigenvalue weighted by Gasteiger charge is -2.18. The van der Waals surface area contributed by atoms with Crippen molar-refractivity contribution in [3.8, 4) is 0 Å². The van der Waals surface area contributed by atoms with Crippen molar-refractivity contribution in [2.75, 3.05) is 13.2 Å². The van der Waals surface area contributed by atoms with Gasteiger partial charge in [0, 0.05) is 19.3 Å². The topological polar surface area (TPSA) is 78.9 Å². The number of rotatable bonds is 47. The van der Waals surface area contributed by atoms with Crippen LogP contribution < -0.4 is 0 Å². The minimum absolute atomic E-state index is 0.0986. The second-order valence-corrected chi connectivity index (χ2v) is 17.4. The summed E-state index contributed by atoms with van der Waals surface area (Å²) in [6.45, 7) is 6.36. The monoisotopic (exact) mass is 891 g/mol. The second-order valence-electron chi connectivity index (χ2n) is 17.4. The third-order valence-corrected chi connectivity index (χ3v) is 11.1. The first kappa shape index (κ1) is 60.6. The van der Waals surface area contributed by atoms with Crippen LogP contribution in [0.1, 0.15) is 245 Å². The van der Waals surface area contributed by atoms with Crippen LogP contribution >= 0.6 is 0 Å². The number of esters is 3. The van der Waals surface area contributed by atoms with Crippen molar-refractivity contribution in [2.24, 2.45) is 0 Å². The van der Waals surface area contributed by atoms with E-state index < -0.39 is 6.10 Å². The highest BCUT2D eigenvalue weighted by molar-refractivity contribution is 5.71. The molecule has 1 unspecified atom stereocenters. The van der Waals surface area contributed by atoms with Crippen molar-refractivity contribution in [3.63, 3.8) is 0 Å². The molecule has 0 radical (unpaired) electrons. The van der Waals surface area contributed by atoms with Crippen LogP contribution in [-0.4, -0.2) is 37.2 Å². The van der Waals surface area contributed by atoms with Crippen LogP contribution in [0, 0.1) is 0 Å². The molecule has 0 aliphatic carbocycles. The Labute approximate surface area is 395 Å². The Balaban J connectivity index is 4.40. The van der Waals surface area contributed by atoms with E-state index in [1.54, 1.807) is 0 Å². The van der Waals surface area contributed by atoms with E-state index in [-0.39, 0.29) is 37.5 Å². The zero-order valence-corrected chi connectivity index (χ0v) is 41.8. The molecule has 0 spiro atoms. The molecule has 0 fully saturated rings. The summed E-state index contributed by atoms with van der Waals surface area (Å²) < 4.78 is 16.7. The van der Waals surface area contributed by atoms with Crippen molar-refractivity contribution in [1.82, 2.24) is 0 Å². The van der Waals surface area contributed by atoms with Crippen LogP contribution in [-0.2, 0) is 28.6 Å². The summed E-state index contributed by atoms with van der Waals surface area (Å²) in [5.74, 6) is -0.965. The molecule has 0 heterocycles. The van der Waals surface area contributed by atoms with Gasteiger partial charge in [0.2, 0.25) is 0 Å². The number of ether oxygens (including phenoxy) is 3. The lowest BCUT2D eigenvalue weighted by Crippen LogP contribution is -2.30. The summed E-state index contributed by atoms with van der Waals surface area (Å²) in [4.78, 5) is 38.0. The van der Waals surface area contributed by atoms with Gasteiger partial charge in [-0.2, -0.15) is 0 Å². The maximum absolute atomic E-state index is 12.8. The van der Waals surface area contributed by atoms with Gasteiger partial charge in [0.05, 0.1) is 0 Å². The minimum atomic E-state index is -0.800. The molecule has 0 N–H and O–H groups in total. The zero-order valence-electron chi connectivity index (χ0n) is 41.8. The van der Waals surface area contributed by atoms with Crippen LogP contribution in [0.25, 0.3) is 0 Å². The smallest absolute Gasteiger partial charge is 0.306 e. The second kappa shape index (κ2) is 52.2. The van der Waals surface area contributed by atoms with Crippen LogP contribution in [0.2, 0.25) is 0 Å². The third kappa shape index (κ3) is 49.6. The van der Waals surface area contributed by atoms with Gasteiger partial charge in [-0.15, -0.1) is 0 Å². The van der Waals surface area contributed by atoms with Gasteiger partial charge in [0.15, 0.2) is 6.10 Å². The van der Waals surface area contributed by atoms with Gasteiger partial charge >= 0.3 is 17.9 Å². The summed E-state index contributed by atoms with van der Waals surface area (Å²) in [6, 6.07) is 0. The summed E-state index contributed by atoms with van der Waals surface area (Å²) in [7, 11) is 0. The van der Waals surface area contributed by atoms with E-state index >= 15 is 0 Å². The Hall–Kier alpha value is -3.41. The average Bonchev–Trinajstić information content (AvgIpc) is 3.29. The van der Waals surface area contributed by atoms with Crippen LogP contribution in [0.15, 0.2) is 85.1 Å². The summed E-state index contributed by atoms with van der Waals surface area (Å²) in [5, 5.41) is 0. The average molecular weight is 891 g/mol. The quantitative estimate of drug-likeness (QED) is 0.0262. The van der Waals surface area contributed by atoms with Gasteiger partial charge in [0.25, 0.3) is 0 Å². The van der Waals surface area contributed by atoms with E-state index in [1.807, 2.05) is 0 Å². The molecular weight excluding hydrogens is 793 g/mol. The van der Waals surface area contributed by atoms with Crippen molar-refractivity contribution < 1.29 is 28.6 Å². The largest absolute Gasteiger partial charge is 0.462 e. The summed E-state index contributed by atoms with van der Waals surface area (Å²) in [6.07, 6.45) is 67.2. The summed E-state index contributed by atoms with van der Waals surface area (Å²) >= 11 is 0. The Morgan fingerprint density at radius 3 is 1.02 bits per heavy atom. The Morgan fingerprint density at radius 2 is 0.625 bits per heavy atom. The van der Waals surface area contributed by atoms with Gasteiger partial charge in [-0.25, -0.2) is 0 Å². The van der Waals surface area contributed by atoms with E-state index in [0.29, 0.717) is 19.3 Å². The standard InChI is InChI=1S/C58H98O6/c1-4-7-10-13-16-19-22-24-26-28-29-30-32-33-36-39-42-45-48-51-57(60)63-54-55(53-62-56(59)50-47-44-41-38-35-21-18-15-12-9-6-3)64-58(61)52-49-46-43-40-37-34-31-27-25-23-20-17-14-11-8-5-2/h7,9-10,12,16,18-19,21,24,26,29-30,38,41,55H,4-6,8,11,13-15,17,20,22-23,25,27-28,31-37,39-40,42-54H2,1-3H3/b10-7-,12-9-,19-16-,21-18-,26-24-,30-29-,41-38-. The van der Waals surface area contributed by atoms with Crippen molar-refractivity contribution >= 4 is 17.9 Å². The van der Waals surface area contributed by atoms with Crippen molar-refractivity contribution in [2.45, 2.75) is 252 Å². The number of hydrogen-bond donors (Lipinski definition) is 0. The number of hydrogen-bond acceptors (Lipinski definition) is 6. The molecule has 0 aliphatic rings. The molecule has 0 aromatic rings. The molecule has 0 saturated carbocycles. The lowest BCUT2D eigenvalue weighted by atomic mass is 10.0. The fraction of sp³-hybridized carbons (Fsp3) is 0.707. The number of unbranched alkanes of at least 4 members (excludes halogenated alkanes) is 22. The van der Waals surface area contributed by atoms with E-state index in [4.69, 9.17) is 14.2 Å². The first-order valence-corrected chi connectivity index (χ1v) is 26.6.